The second-order valence-corrected chi connectivity index (χ2v) is 6.24. The van der Waals surface area contributed by atoms with Crippen molar-refractivity contribution in [1.82, 2.24) is 9.97 Å². The lowest BCUT2D eigenvalue weighted by molar-refractivity contribution is 0.591. The van der Waals surface area contributed by atoms with Gasteiger partial charge >= 0.3 is 0 Å². The molecule has 1 aromatic heterocycles. The standard InChI is InChI=1S/C9H14N4O2S/c10-8-5-11-6-13-9(8)12-4-7-2-1-3-16(7,14)15/h5-7H,1-4,10H2,(H,11,12,13). The molecule has 0 bridgehead atoms. The van der Waals surface area contributed by atoms with Gasteiger partial charge in [-0.05, 0) is 12.8 Å². The number of nitrogens with one attached hydrogen (secondary N) is 1. The molecule has 2 rings (SSSR count). The lowest BCUT2D eigenvalue weighted by Crippen LogP contribution is -2.25. The van der Waals surface area contributed by atoms with Crippen molar-refractivity contribution in [3.8, 4) is 0 Å². The topological polar surface area (TPSA) is 98.0 Å². The van der Waals surface area contributed by atoms with Crippen molar-refractivity contribution in [3.63, 3.8) is 0 Å². The average molecular weight is 242 g/mol. The van der Waals surface area contributed by atoms with E-state index in [1.165, 1.54) is 12.5 Å². The lowest BCUT2D eigenvalue weighted by Gasteiger charge is -2.11. The summed E-state index contributed by atoms with van der Waals surface area (Å²) in [6.45, 7) is 0.365. The van der Waals surface area contributed by atoms with Crippen molar-refractivity contribution in [3.05, 3.63) is 12.5 Å². The first-order valence-corrected chi connectivity index (χ1v) is 6.82. The van der Waals surface area contributed by atoms with Crippen LogP contribution in [0, 0.1) is 0 Å². The lowest BCUT2D eigenvalue weighted by atomic mass is 10.2. The van der Waals surface area contributed by atoms with Crippen LogP contribution in [0.1, 0.15) is 12.8 Å². The Bertz CT molecular complexity index is 474. The second kappa shape index (κ2) is 4.25. The number of nitrogens with zero attached hydrogens (tertiary/aromatic N) is 2. The molecule has 2 heterocycles. The van der Waals surface area contributed by atoms with Gasteiger partial charge in [0.2, 0.25) is 0 Å². The van der Waals surface area contributed by atoms with Gasteiger partial charge < -0.3 is 11.1 Å². The summed E-state index contributed by atoms with van der Waals surface area (Å²) in [6, 6.07) is 0. The Morgan fingerprint density at radius 3 is 3.00 bits per heavy atom. The van der Waals surface area contributed by atoms with Gasteiger partial charge in [0.05, 0.1) is 22.9 Å². The molecular weight excluding hydrogens is 228 g/mol. The zero-order chi connectivity index (χ0) is 11.6. The zero-order valence-electron chi connectivity index (χ0n) is 8.76. The van der Waals surface area contributed by atoms with Crippen molar-refractivity contribution in [2.24, 2.45) is 0 Å². The molecule has 1 aromatic rings. The number of anilines is 2. The minimum atomic E-state index is -2.92. The maximum absolute atomic E-state index is 11.6. The fourth-order valence-electron chi connectivity index (χ4n) is 1.79. The van der Waals surface area contributed by atoms with Crippen molar-refractivity contribution in [1.29, 1.82) is 0 Å². The van der Waals surface area contributed by atoms with Crippen LogP contribution in [0.5, 0.6) is 0 Å². The average Bonchev–Trinajstić information content (AvgIpc) is 2.57. The van der Waals surface area contributed by atoms with E-state index in [0.29, 0.717) is 30.2 Å². The predicted octanol–water partition coefficient (Wildman–Crippen LogP) is 0.0479. The van der Waals surface area contributed by atoms with E-state index in [1.54, 1.807) is 0 Å². The SMILES string of the molecule is Nc1cncnc1NCC1CCCS1(=O)=O. The highest BCUT2D eigenvalue weighted by Gasteiger charge is 2.30. The molecule has 16 heavy (non-hydrogen) atoms. The molecule has 88 valence electrons. The summed E-state index contributed by atoms with van der Waals surface area (Å²) in [5.74, 6) is 0.788. The van der Waals surface area contributed by atoms with Crippen LogP contribution in [0.3, 0.4) is 0 Å². The number of hydrogen-bond acceptors (Lipinski definition) is 6. The third kappa shape index (κ3) is 2.24. The number of hydrogen-bond donors (Lipinski definition) is 2. The van der Waals surface area contributed by atoms with Crippen LogP contribution < -0.4 is 11.1 Å². The molecule has 1 fully saturated rings. The van der Waals surface area contributed by atoms with Gasteiger partial charge in [-0.25, -0.2) is 18.4 Å². The zero-order valence-corrected chi connectivity index (χ0v) is 9.57. The summed E-state index contributed by atoms with van der Waals surface area (Å²) in [7, 11) is -2.92. The summed E-state index contributed by atoms with van der Waals surface area (Å²) in [6.07, 6.45) is 4.31. The molecule has 1 unspecified atom stereocenters. The quantitative estimate of drug-likeness (QED) is 0.777. The number of sulfone groups is 1. The van der Waals surface area contributed by atoms with Crippen LogP contribution in [0.4, 0.5) is 11.5 Å². The number of nitrogens with two attached hydrogens (primary N) is 1. The molecule has 1 aliphatic rings. The second-order valence-electron chi connectivity index (χ2n) is 3.84. The Labute approximate surface area is 94.2 Å². The summed E-state index contributed by atoms with van der Waals surface area (Å²) < 4.78 is 23.1. The first kappa shape index (κ1) is 11.1. The Kier molecular flexibility index (Phi) is 2.95. The Balaban J connectivity index is 2.01. The summed E-state index contributed by atoms with van der Waals surface area (Å²) >= 11 is 0. The normalized spacial score (nSPS) is 23.1. The minimum Gasteiger partial charge on any atom is -0.394 e. The van der Waals surface area contributed by atoms with E-state index in [2.05, 4.69) is 15.3 Å². The fourth-order valence-corrected chi connectivity index (χ4v) is 3.55. The van der Waals surface area contributed by atoms with Crippen LogP contribution in [-0.2, 0) is 9.84 Å². The molecular formula is C9H14N4O2S. The van der Waals surface area contributed by atoms with Crippen molar-refractivity contribution >= 4 is 21.3 Å². The van der Waals surface area contributed by atoms with E-state index in [9.17, 15) is 8.42 Å². The predicted molar refractivity (Wildman–Crippen MR) is 61.7 cm³/mol. The largest absolute Gasteiger partial charge is 0.394 e. The number of nitrogen functional groups attached to an aromatic ring is 1. The molecule has 3 N–H and O–H groups in total. The van der Waals surface area contributed by atoms with E-state index < -0.39 is 9.84 Å². The summed E-state index contributed by atoms with van der Waals surface area (Å²) in [5.41, 5.74) is 6.06. The van der Waals surface area contributed by atoms with Crippen LogP contribution in [0.25, 0.3) is 0 Å². The van der Waals surface area contributed by atoms with Crippen LogP contribution in [0.15, 0.2) is 12.5 Å². The molecule has 1 aliphatic heterocycles. The van der Waals surface area contributed by atoms with Crippen molar-refractivity contribution < 1.29 is 8.42 Å². The molecule has 1 saturated heterocycles. The first-order chi connectivity index (χ1) is 7.59. The fraction of sp³-hybridized carbons (Fsp3) is 0.556. The van der Waals surface area contributed by atoms with Gasteiger partial charge in [-0.1, -0.05) is 0 Å². The van der Waals surface area contributed by atoms with E-state index in [0.717, 1.165) is 6.42 Å². The Hall–Kier alpha value is -1.37. The molecule has 0 aromatic carbocycles. The maximum Gasteiger partial charge on any atom is 0.154 e. The molecule has 0 radical (unpaired) electrons. The van der Waals surface area contributed by atoms with E-state index >= 15 is 0 Å². The maximum atomic E-state index is 11.6. The third-order valence-electron chi connectivity index (χ3n) is 2.70. The minimum absolute atomic E-state index is 0.290. The molecule has 7 heteroatoms. The summed E-state index contributed by atoms with van der Waals surface area (Å²) in [5, 5.41) is 2.64. The Morgan fingerprint density at radius 2 is 2.38 bits per heavy atom. The number of aromatic nitrogens is 2. The highest BCUT2D eigenvalue weighted by molar-refractivity contribution is 7.92. The van der Waals surface area contributed by atoms with Crippen LogP contribution in [0.2, 0.25) is 0 Å². The molecule has 0 saturated carbocycles. The highest BCUT2D eigenvalue weighted by atomic mass is 32.2. The van der Waals surface area contributed by atoms with Gasteiger partial charge in [0, 0.05) is 6.54 Å². The van der Waals surface area contributed by atoms with Gasteiger partial charge in [0.25, 0.3) is 0 Å². The molecule has 0 spiro atoms. The van der Waals surface area contributed by atoms with Crippen molar-refractivity contribution in [2.75, 3.05) is 23.3 Å². The third-order valence-corrected chi connectivity index (χ3v) is 4.98. The van der Waals surface area contributed by atoms with Crippen LogP contribution in [-0.4, -0.2) is 35.9 Å². The molecule has 6 nitrogen and oxygen atoms in total. The van der Waals surface area contributed by atoms with E-state index in [-0.39, 0.29) is 5.25 Å². The number of rotatable bonds is 3. The highest BCUT2D eigenvalue weighted by Crippen LogP contribution is 2.21. The van der Waals surface area contributed by atoms with Gasteiger partial charge in [-0.3, -0.25) is 0 Å². The molecule has 1 atom stereocenters. The summed E-state index contributed by atoms with van der Waals surface area (Å²) in [4.78, 5) is 7.70. The van der Waals surface area contributed by atoms with Gasteiger partial charge in [-0.2, -0.15) is 0 Å². The van der Waals surface area contributed by atoms with E-state index in [1.807, 2.05) is 0 Å². The molecule has 0 aliphatic carbocycles. The van der Waals surface area contributed by atoms with Crippen molar-refractivity contribution in [2.45, 2.75) is 18.1 Å². The smallest absolute Gasteiger partial charge is 0.154 e. The Morgan fingerprint density at radius 1 is 1.56 bits per heavy atom. The monoisotopic (exact) mass is 242 g/mol. The first-order valence-electron chi connectivity index (χ1n) is 5.10. The van der Waals surface area contributed by atoms with Gasteiger partial charge in [0.15, 0.2) is 15.7 Å². The van der Waals surface area contributed by atoms with E-state index in [4.69, 9.17) is 5.73 Å². The van der Waals surface area contributed by atoms with Gasteiger partial charge in [0.1, 0.15) is 6.33 Å². The van der Waals surface area contributed by atoms with Crippen LogP contribution >= 0.6 is 0 Å². The van der Waals surface area contributed by atoms with Gasteiger partial charge in [-0.15, -0.1) is 0 Å². The molecule has 0 amide bonds.